The molecule has 0 aromatic carbocycles. The van der Waals surface area contributed by atoms with Gasteiger partial charge in [-0.05, 0) is 6.07 Å². The summed E-state index contributed by atoms with van der Waals surface area (Å²) in [7, 11) is 1.78. The molecular weight excluding hydrogens is 159 g/mol. The molecule has 1 aromatic heterocycles. The maximum atomic E-state index is 5.65. The smallest absolute Gasteiger partial charge is 0.127 e. The Balaban J connectivity index is 2.98. The van der Waals surface area contributed by atoms with Crippen LogP contribution in [0.15, 0.2) is 6.07 Å². The highest BCUT2D eigenvalue weighted by atomic mass is 35.5. The average molecular weight is 165 g/mol. The zero-order valence-electron chi connectivity index (χ0n) is 4.93. The van der Waals surface area contributed by atoms with E-state index in [1.54, 1.807) is 17.8 Å². The summed E-state index contributed by atoms with van der Waals surface area (Å²) in [6.45, 7) is 0. The second-order valence-electron chi connectivity index (χ2n) is 1.72. The van der Waals surface area contributed by atoms with Gasteiger partial charge in [0.05, 0.1) is 11.6 Å². The zero-order valence-corrected chi connectivity index (χ0v) is 6.45. The third-order valence-corrected chi connectivity index (χ3v) is 1.64. The van der Waals surface area contributed by atoms with E-state index >= 15 is 0 Å². The molecule has 1 heterocycles. The molecule has 0 fully saturated rings. The maximum Gasteiger partial charge on any atom is 0.127 e. The number of alkyl halides is 1. The Morgan fingerprint density at radius 1 is 1.78 bits per heavy atom. The van der Waals surface area contributed by atoms with Gasteiger partial charge in [-0.2, -0.15) is 5.10 Å². The first kappa shape index (κ1) is 6.90. The van der Waals surface area contributed by atoms with Gasteiger partial charge in [0.1, 0.15) is 5.15 Å². The molecule has 9 heavy (non-hydrogen) atoms. The quantitative estimate of drug-likeness (QED) is 0.580. The Kier molecular flexibility index (Phi) is 1.98. The van der Waals surface area contributed by atoms with Gasteiger partial charge in [-0.3, -0.25) is 4.68 Å². The molecule has 2 nitrogen and oxygen atoms in total. The van der Waals surface area contributed by atoms with E-state index in [-0.39, 0.29) is 0 Å². The molecule has 0 bridgehead atoms. The van der Waals surface area contributed by atoms with Crippen molar-refractivity contribution >= 4 is 23.2 Å². The van der Waals surface area contributed by atoms with Crippen LogP contribution in [-0.2, 0) is 12.9 Å². The Labute approximate surface area is 63.4 Å². The van der Waals surface area contributed by atoms with Crippen molar-refractivity contribution in [1.29, 1.82) is 0 Å². The third kappa shape index (κ3) is 1.37. The van der Waals surface area contributed by atoms with Crippen molar-refractivity contribution in [2.45, 2.75) is 5.88 Å². The van der Waals surface area contributed by atoms with Crippen molar-refractivity contribution in [2.24, 2.45) is 7.05 Å². The fourth-order valence-electron chi connectivity index (χ4n) is 0.566. The van der Waals surface area contributed by atoms with Crippen molar-refractivity contribution < 1.29 is 0 Å². The summed E-state index contributed by atoms with van der Waals surface area (Å²) in [5, 5.41) is 4.60. The molecule has 0 unspecified atom stereocenters. The molecule has 0 atom stereocenters. The van der Waals surface area contributed by atoms with Gasteiger partial charge in [0, 0.05) is 7.05 Å². The summed E-state index contributed by atoms with van der Waals surface area (Å²) in [5.74, 6) is 0.417. The summed E-state index contributed by atoms with van der Waals surface area (Å²) in [5.41, 5.74) is 0.809. The van der Waals surface area contributed by atoms with Crippen LogP contribution in [0.3, 0.4) is 0 Å². The highest BCUT2D eigenvalue weighted by Crippen LogP contribution is 2.09. The zero-order chi connectivity index (χ0) is 6.85. The fraction of sp³-hybridized carbons (Fsp3) is 0.400. The van der Waals surface area contributed by atoms with Crippen molar-refractivity contribution in [3.05, 3.63) is 16.9 Å². The minimum absolute atomic E-state index is 0.417. The highest BCUT2D eigenvalue weighted by molar-refractivity contribution is 6.29. The number of aromatic nitrogens is 2. The van der Waals surface area contributed by atoms with Crippen LogP contribution in [-0.4, -0.2) is 9.78 Å². The van der Waals surface area contributed by atoms with E-state index in [4.69, 9.17) is 23.2 Å². The van der Waals surface area contributed by atoms with E-state index in [9.17, 15) is 0 Å². The lowest BCUT2D eigenvalue weighted by atomic mass is 10.5. The van der Waals surface area contributed by atoms with E-state index in [1.165, 1.54) is 0 Å². The molecule has 50 valence electrons. The maximum absolute atomic E-state index is 5.65. The summed E-state index contributed by atoms with van der Waals surface area (Å²) in [6, 6.07) is 1.74. The van der Waals surface area contributed by atoms with Crippen LogP contribution >= 0.6 is 23.2 Å². The number of nitrogens with zero attached hydrogens (tertiary/aromatic N) is 2. The van der Waals surface area contributed by atoms with E-state index in [2.05, 4.69) is 5.10 Å². The largest absolute Gasteiger partial charge is 0.257 e. The van der Waals surface area contributed by atoms with Gasteiger partial charge < -0.3 is 0 Å². The molecule has 0 saturated heterocycles. The number of halogens is 2. The lowest BCUT2D eigenvalue weighted by molar-refractivity contribution is 0.755. The molecule has 0 spiro atoms. The van der Waals surface area contributed by atoms with Crippen molar-refractivity contribution in [2.75, 3.05) is 0 Å². The Bertz CT molecular complexity index is 187. The predicted octanol–water partition coefficient (Wildman–Crippen LogP) is 1.81. The van der Waals surface area contributed by atoms with Gasteiger partial charge in [-0.1, -0.05) is 11.6 Å². The molecule has 1 aromatic rings. The molecule has 0 N–H and O–H groups in total. The molecule has 1 rings (SSSR count). The Morgan fingerprint density at radius 2 is 2.44 bits per heavy atom. The minimum atomic E-state index is 0.417. The van der Waals surface area contributed by atoms with Crippen LogP contribution in [0.5, 0.6) is 0 Å². The number of hydrogen-bond donors (Lipinski definition) is 0. The van der Waals surface area contributed by atoms with Gasteiger partial charge in [-0.15, -0.1) is 11.6 Å². The first-order chi connectivity index (χ1) is 4.24. The second kappa shape index (κ2) is 2.58. The van der Waals surface area contributed by atoms with Gasteiger partial charge in [0.15, 0.2) is 0 Å². The predicted molar refractivity (Wildman–Crippen MR) is 37.8 cm³/mol. The molecule has 0 amide bonds. The minimum Gasteiger partial charge on any atom is -0.257 e. The fourth-order valence-corrected chi connectivity index (χ4v) is 0.860. The van der Waals surface area contributed by atoms with Crippen LogP contribution in [0.25, 0.3) is 0 Å². The summed E-state index contributed by atoms with van der Waals surface area (Å²) in [6.07, 6.45) is 0. The molecule has 0 aliphatic rings. The number of aryl methyl sites for hydroxylation is 1. The molecule has 0 aliphatic heterocycles. The number of hydrogen-bond acceptors (Lipinski definition) is 1. The van der Waals surface area contributed by atoms with Gasteiger partial charge in [0.25, 0.3) is 0 Å². The van der Waals surface area contributed by atoms with E-state index < -0.39 is 0 Å². The third-order valence-electron chi connectivity index (χ3n) is 1.01. The number of rotatable bonds is 1. The normalized spacial score (nSPS) is 10.1. The Morgan fingerprint density at radius 3 is 2.67 bits per heavy atom. The average Bonchev–Trinajstić information content (AvgIpc) is 2.13. The van der Waals surface area contributed by atoms with Gasteiger partial charge in [0.2, 0.25) is 0 Å². The van der Waals surface area contributed by atoms with Gasteiger partial charge >= 0.3 is 0 Å². The van der Waals surface area contributed by atoms with E-state index in [0.717, 1.165) is 5.69 Å². The van der Waals surface area contributed by atoms with Crippen LogP contribution in [0, 0.1) is 0 Å². The molecule has 0 radical (unpaired) electrons. The van der Waals surface area contributed by atoms with Crippen molar-refractivity contribution in [3.8, 4) is 0 Å². The SMILES string of the molecule is Cn1nc(CCl)cc1Cl. The summed E-state index contributed by atoms with van der Waals surface area (Å²) < 4.78 is 1.58. The van der Waals surface area contributed by atoms with E-state index in [1.807, 2.05) is 0 Å². The van der Waals surface area contributed by atoms with Crippen LogP contribution < -0.4 is 0 Å². The molecule has 0 aliphatic carbocycles. The van der Waals surface area contributed by atoms with Crippen LogP contribution in [0.1, 0.15) is 5.69 Å². The molecule has 0 saturated carbocycles. The molecular formula is C5H6Cl2N2. The van der Waals surface area contributed by atoms with Crippen LogP contribution in [0.4, 0.5) is 0 Å². The standard InChI is InChI=1S/C5H6Cl2N2/c1-9-5(7)2-4(3-6)8-9/h2H,3H2,1H3. The first-order valence-electron chi connectivity index (χ1n) is 2.48. The van der Waals surface area contributed by atoms with Crippen molar-refractivity contribution in [1.82, 2.24) is 9.78 Å². The van der Waals surface area contributed by atoms with Gasteiger partial charge in [-0.25, -0.2) is 0 Å². The monoisotopic (exact) mass is 164 g/mol. The van der Waals surface area contributed by atoms with Crippen molar-refractivity contribution in [3.63, 3.8) is 0 Å². The Hall–Kier alpha value is -0.210. The lowest BCUT2D eigenvalue weighted by Crippen LogP contribution is -1.89. The first-order valence-corrected chi connectivity index (χ1v) is 3.39. The highest BCUT2D eigenvalue weighted by Gasteiger charge is 1.98. The van der Waals surface area contributed by atoms with Crippen LogP contribution in [0.2, 0.25) is 5.15 Å². The summed E-state index contributed by atoms with van der Waals surface area (Å²) >= 11 is 11.1. The lowest BCUT2D eigenvalue weighted by Gasteiger charge is -1.85. The second-order valence-corrected chi connectivity index (χ2v) is 2.37. The van der Waals surface area contributed by atoms with E-state index in [0.29, 0.717) is 11.0 Å². The summed E-state index contributed by atoms with van der Waals surface area (Å²) in [4.78, 5) is 0. The molecule has 4 heteroatoms. The topological polar surface area (TPSA) is 17.8 Å².